The van der Waals surface area contributed by atoms with Crippen LogP contribution in [0.25, 0.3) is 10.2 Å². The molecule has 0 radical (unpaired) electrons. The first-order valence-corrected chi connectivity index (χ1v) is 9.01. The molecule has 24 heavy (non-hydrogen) atoms. The van der Waals surface area contributed by atoms with Gasteiger partial charge in [0, 0.05) is 11.3 Å². The zero-order valence-corrected chi connectivity index (χ0v) is 14.5. The summed E-state index contributed by atoms with van der Waals surface area (Å²) >= 11 is 2.79. The van der Waals surface area contributed by atoms with Gasteiger partial charge >= 0.3 is 0 Å². The van der Waals surface area contributed by atoms with E-state index in [0.717, 1.165) is 20.1 Å². The van der Waals surface area contributed by atoms with E-state index in [2.05, 4.69) is 10.3 Å². The SMILES string of the molecule is Cc1ccc(C(=O)Nc2ccc3nc(SCC(N)=O)sc3c2)cc1. The largest absolute Gasteiger partial charge is 0.369 e. The Balaban J connectivity index is 1.76. The molecule has 3 aromatic rings. The standard InChI is InChI=1S/C17H15N3O2S2/c1-10-2-4-11(5-3-10)16(22)19-12-6-7-13-14(8-12)24-17(20-13)23-9-15(18)21/h2-8H,9H2,1H3,(H2,18,21)(H,19,22). The molecule has 122 valence electrons. The van der Waals surface area contributed by atoms with Crippen LogP contribution in [0, 0.1) is 6.92 Å². The highest BCUT2D eigenvalue weighted by Crippen LogP contribution is 2.31. The summed E-state index contributed by atoms with van der Waals surface area (Å²) in [4.78, 5) is 27.5. The van der Waals surface area contributed by atoms with Crippen LogP contribution in [0.4, 0.5) is 5.69 Å². The van der Waals surface area contributed by atoms with E-state index in [9.17, 15) is 9.59 Å². The van der Waals surface area contributed by atoms with Crippen molar-refractivity contribution < 1.29 is 9.59 Å². The number of thioether (sulfide) groups is 1. The van der Waals surface area contributed by atoms with E-state index in [1.807, 2.05) is 37.3 Å². The number of aromatic nitrogens is 1. The number of amides is 2. The maximum absolute atomic E-state index is 12.3. The number of anilines is 1. The maximum Gasteiger partial charge on any atom is 0.255 e. The monoisotopic (exact) mass is 357 g/mol. The van der Waals surface area contributed by atoms with Gasteiger partial charge in [-0.25, -0.2) is 4.98 Å². The zero-order valence-electron chi connectivity index (χ0n) is 12.9. The second-order valence-corrected chi connectivity index (χ2v) is 7.49. The molecule has 0 saturated heterocycles. The first kappa shape index (κ1) is 16.5. The number of carbonyl (C=O) groups excluding carboxylic acids is 2. The lowest BCUT2D eigenvalue weighted by Crippen LogP contribution is -2.12. The number of nitrogens with two attached hydrogens (primary N) is 1. The van der Waals surface area contributed by atoms with Crippen LogP contribution in [-0.2, 0) is 4.79 Å². The van der Waals surface area contributed by atoms with Gasteiger partial charge in [0.1, 0.15) is 0 Å². The molecule has 7 heteroatoms. The van der Waals surface area contributed by atoms with Crippen molar-refractivity contribution in [3.8, 4) is 0 Å². The smallest absolute Gasteiger partial charge is 0.255 e. The Kier molecular flexibility index (Phi) is 4.82. The Morgan fingerprint density at radius 2 is 1.96 bits per heavy atom. The molecule has 0 aliphatic rings. The highest BCUT2D eigenvalue weighted by atomic mass is 32.2. The number of thiazole rings is 1. The van der Waals surface area contributed by atoms with Crippen LogP contribution in [0.15, 0.2) is 46.8 Å². The fourth-order valence-electron chi connectivity index (χ4n) is 2.08. The number of rotatable bonds is 5. The summed E-state index contributed by atoms with van der Waals surface area (Å²) in [6, 6.07) is 13.0. The summed E-state index contributed by atoms with van der Waals surface area (Å²) in [5, 5.41) is 2.89. The molecular weight excluding hydrogens is 342 g/mol. The van der Waals surface area contributed by atoms with Gasteiger partial charge < -0.3 is 11.1 Å². The van der Waals surface area contributed by atoms with Gasteiger partial charge in [0.05, 0.1) is 16.0 Å². The van der Waals surface area contributed by atoms with Crippen molar-refractivity contribution in [2.45, 2.75) is 11.3 Å². The van der Waals surface area contributed by atoms with Gasteiger partial charge in [-0.2, -0.15) is 0 Å². The second-order valence-electron chi connectivity index (χ2n) is 5.24. The van der Waals surface area contributed by atoms with E-state index in [1.165, 1.54) is 23.1 Å². The highest BCUT2D eigenvalue weighted by Gasteiger charge is 2.09. The van der Waals surface area contributed by atoms with Gasteiger partial charge in [-0.3, -0.25) is 9.59 Å². The Labute approximate surface area is 147 Å². The first-order chi connectivity index (χ1) is 11.5. The molecular formula is C17H15N3O2S2. The van der Waals surface area contributed by atoms with E-state index < -0.39 is 0 Å². The van der Waals surface area contributed by atoms with Crippen molar-refractivity contribution >= 4 is 50.8 Å². The van der Waals surface area contributed by atoms with Crippen LogP contribution in [0.1, 0.15) is 15.9 Å². The van der Waals surface area contributed by atoms with Crippen molar-refractivity contribution in [3.63, 3.8) is 0 Å². The molecule has 1 heterocycles. The van der Waals surface area contributed by atoms with Gasteiger partial charge in [-0.15, -0.1) is 11.3 Å². The minimum atomic E-state index is -0.370. The molecule has 0 fully saturated rings. The Hall–Kier alpha value is -2.38. The number of nitrogens with one attached hydrogen (secondary N) is 1. The number of nitrogens with zero attached hydrogens (tertiary/aromatic N) is 1. The van der Waals surface area contributed by atoms with Gasteiger partial charge in [0.15, 0.2) is 4.34 Å². The minimum absolute atomic E-state index is 0.151. The summed E-state index contributed by atoms with van der Waals surface area (Å²) in [6.07, 6.45) is 0. The third kappa shape index (κ3) is 3.93. The van der Waals surface area contributed by atoms with Crippen molar-refractivity contribution in [3.05, 3.63) is 53.6 Å². The Morgan fingerprint density at radius 3 is 2.67 bits per heavy atom. The summed E-state index contributed by atoms with van der Waals surface area (Å²) in [5.41, 5.74) is 8.42. The molecule has 3 rings (SSSR count). The van der Waals surface area contributed by atoms with Crippen LogP contribution >= 0.6 is 23.1 Å². The number of carbonyl (C=O) groups is 2. The quantitative estimate of drug-likeness (QED) is 0.685. The summed E-state index contributed by atoms with van der Waals surface area (Å²) in [6.45, 7) is 1.98. The van der Waals surface area contributed by atoms with E-state index >= 15 is 0 Å². The lowest BCUT2D eigenvalue weighted by atomic mass is 10.1. The van der Waals surface area contributed by atoms with E-state index in [-0.39, 0.29) is 17.6 Å². The molecule has 0 spiro atoms. The average molecular weight is 357 g/mol. The molecule has 0 atom stereocenters. The number of fused-ring (bicyclic) bond motifs is 1. The number of aryl methyl sites for hydroxylation is 1. The topological polar surface area (TPSA) is 85.1 Å². The van der Waals surface area contributed by atoms with Crippen molar-refractivity contribution in [1.29, 1.82) is 0 Å². The normalized spacial score (nSPS) is 10.7. The summed E-state index contributed by atoms with van der Waals surface area (Å²) < 4.78 is 1.73. The lowest BCUT2D eigenvalue weighted by Gasteiger charge is -2.05. The molecule has 2 amide bonds. The summed E-state index contributed by atoms with van der Waals surface area (Å²) in [5.74, 6) is -0.316. The average Bonchev–Trinajstić information content (AvgIpc) is 2.95. The Morgan fingerprint density at radius 1 is 1.21 bits per heavy atom. The van der Waals surface area contributed by atoms with Crippen LogP contribution < -0.4 is 11.1 Å². The van der Waals surface area contributed by atoms with Crippen molar-refractivity contribution in [2.24, 2.45) is 5.73 Å². The number of primary amides is 1. The fourth-order valence-corrected chi connectivity index (χ4v) is 3.93. The van der Waals surface area contributed by atoms with Crippen LogP contribution in [0.3, 0.4) is 0 Å². The van der Waals surface area contributed by atoms with Crippen LogP contribution in [-0.4, -0.2) is 22.6 Å². The number of hydrogen-bond donors (Lipinski definition) is 2. The van der Waals surface area contributed by atoms with E-state index in [0.29, 0.717) is 11.3 Å². The van der Waals surface area contributed by atoms with E-state index in [4.69, 9.17) is 5.73 Å². The van der Waals surface area contributed by atoms with Crippen molar-refractivity contribution in [1.82, 2.24) is 4.98 Å². The van der Waals surface area contributed by atoms with Crippen LogP contribution in [0.2, 0.25) is 0 Å². The van der Waals surface area contributed by atoms with Crippen LogP contribution in [0.5, 0.6) is 0 Å². The predicted octanol–water partition coefficient (Wildman–Crippen LogP) is 3.43. The van der Waals surface area contributed by atoms with Gasteiger partial charge in [-0.1, -0.05) is 29.5 Å². The second kappa shape index (κ2) is 7.02. The lowest BCUT2D eigenvalue weighted by molar-refractivity contribution is -0.115. The molecule has 0 bridgehead atoms. The maximum atomic E-state index is 12.3. The molecule has 0 aliphatic heterocycles. The Bertz CT molecular complexity index is 904. The summed E-state index contributed by atoms with van der Waals surface area (Å²) in [7, 11) is 0. The third-order valence-corrected chi connectivity index (χ3v) is 5.46. The zero-order chi connectivity index (χ0) is 17.1. The highest BCUT2D eigenvalue weighted by molar-refractivity contribution is 8.01. The molecule has 1 aromatic heterocycles. The van der Waals surface area contributed by atoms with Gasteiger partial charge in [0.25, 0.3) is 5.91 Å². The first-order valence-electron chi connectivity index (χ1n) is 7.21. The van der Waals surface area contributed by atoms with Gasteiger partial charge in [-0.05, 0) is 37.3 Å². The van der Waals surface area contributed by atoms with E-state index in [1.54, 1.807) is 12.1 Å². The molecule has 0 unspecified atom stereocenters. The molecule has 2 aromatic carbocycles. The number of hydrogen-bond acceptors (Lipinski definition) is 5. The number of benzene rings is 2. The molecule has 0 saturated carbocycles. The predicted molar refractivity (Wildman–Crippen MR) is 98.7 cm³/mol. The fraction of sp³-hybridized carbons (Fsp3) is 0.118. The minimum Gasteiger partial charge on any atom is -0.369 e. The van der Waals surface area contributed by atoms with Crippen molar-refractivity contribution in [2.75, 3.05) is 11.1 Å². The molecule has 3 N–H and O–H groups in total. The third-order valence-electron chi connectivity index (χ3n) is 3.28. The van der Waals surface area contributed by atoms with Gasteiger partial charge in [0.2, 0.25) is 5.91 Å². The molecule has 0 aliphatic carbocycles. The molecule has 5 nitrogen and oxygen atoms in total.